The Bertz CT molecular complexity index is 742. The highest BCUT2D eigenvalue weighted by molar-refractivity contribution is 6.02. The lowest BCUT2D eigenvalue weighted by Crippen LogP contribution is -2.33. The minimum absolute atomic E-state index is 0.324. The van der Waals surface area contributed by atoms with Gasteiger partial charge in [0.2, 0.25) is 0 Å². The van der Waals surface area contributed by atoms with E-state index in [4.69, 9.17) is 5.73 Å². The first-order valence-corrected chi connectivity index (χ1v) is 9.93. The smallest absolute Gasteiger partial charge is 0.251 e. The van der Waals surface area contributed by atoms with Crippen LogP contribution >= 0.6 is 0 Å². The SMILES string of the molecule is CCCc1c(-c2ccccc2)c(C(N)=O)c(C)n1CCN1CCCCC1. The van der Waals surface area contributed by atoms with Gasteiger partial charge in [-0.05, 0) is 44.8 Å². The molecule has 0 radical (unpaired) electrons. The number of aromatic nitrogens is 1. The second kappa shape index (κ2) is 8.54. The summed E-state index contributed by atoms with van der Waals surface area (Å²) < 4.78 is 2.35. The molecule has 2 N–H and O–H groups in total. The van der Waals surface area contributed by atoms with Crippen LogP contribution in [-0.2, 0) is 13.0 Å². The minimum atomic E-state index is -0.324. The molecular weight excluding hydrogens is 322 g/mol. The maximum Gasteiger partial charge on any atom is 0.251 e. The summed E-state index contributed by atoms with van der Waals surface area (Å²) >= 11 is 0. The van der Waals surface area contributed by atoms with Crippen LogP contribution in [0.1, 0.15) is 54.4 Å². The number of nitrogens with two attached hydrogens (primary N) is 1. The lowest BCUT2D eigenvalue weighted by Gasteiger charge is -2.27. The predicted octanol–water partition coefficient (Wildman–Crippen LogP) is 4.00. The van der Waals surface area contributed by atoms with E-state index in [0.29, 0.717) is 5.56 Å². The van der Waals surface area contributed by atoms with Crippen molar-refractivity contribution in [3.8, 4) is 11.1 Å². The van der Waals surface area contributed by atoms with Gasteiger partial charge >= 0.3 is 0 Å². The quantitative estimate of drug-likeness (QED) is 0.818. The number of benzene rings is 1. The van der Waals surface area contributed by atoms with Gasteiger partial charge in [-0.2, -0.15) is 0 Å². The van der Waals surface area contributed by atoms with Gasteiger partial charge < -0.3 is 15.2 Å². The summed E-state index contributed by atoms with van der Waals surface area (Å²) in [7, 11) is 0. The minimum Gasteiger partial charge on any atom is -0.366 e. The fourth-order valence-electron chi connectivity index (χ4n) is 4.24. The number of carbonyl (C=O) groups excluding carboxylic acids is 1. The van der Waals surface area contributed by atoms with Crippen molar-refractivity contribution in [1.29, 1.82) is 0 Å². The van der Waals surface area contributed by atoms with E-state index in [9.17, 15) is 4.79 Å². The van der Waals surface area contributed by atoms with E-state index in [1.165, 1.54) is 38.0 Å². The second-order valence-corrected chi connectivity index (χ2v) is 7.32. The largest absolute Gasteiger partial charge is 0.366 e. The Morgan fingerprint density at radius 3 is 2.38 bits per heavy atom. The van der Waals surface area contributed by atoms with E-state index in [0.717, 1.165) is 42.8 Å². The van der Waals surface area contributed by atoms with E-state index in [1.54, 1.807) is 0 Å². The van der Waals surface area contributed by atoms with Crippen molar-refractivity contribution in [3.05, 3.63) is 47.3 Å². The Morgan fingerprint density at radius 1 is 1.08 bits per heavy atom. The van der Waals surface area contributed by atoms with Crippen LogP contribution in [0, 0.1) is 6.92 Å². The Morgan fingerprint density at radius 2 is 1.77 bits per heavy atom. The Balaban J connectivity index is 2.01. The summed E-state index contributed by atoms with van der Waals surface area (Å²) in [6.07, 6.45) is 5.95. The van der Waals surface area contributed by atoms with Crippen molar-refractivity contribution >= 4 is 5.91 Å². The average molecular weight is 354 g/mol. The van der Waals surface area contributed by atoms with Crippen molar-refractivity contribution in [2.75, 3.05) is 19.6 Å². The first-order valence-electron chi connectivity index (χ1n) is 9.93. The number of rotatable bonds is 7. The molecule has 0 atom stereocenters. The molecule has 3 rings (SSSR count). The third-order valence-corrected chi connectivity index (χ3v) is 5.52. The molecule has 1 aromatic carbocycles. The second-order valence-electron chi connectivity index (χ2n) is 7.32. The number of primary amides is 1. The lowest BCUT2D eigenvalue weighted by molar-refractivity contribution is 0.1000. The first kappa shape index (κ1) is 18.7. The van der Waals surface area contributed by atoms with Gasteiger partial charge in [-0.1, -0.05) is 50.1 Å². The summed E-state index contributed by atoms with van der Waals surface area (Å²) in [5.74, 6) is -0.324. The average Bonchev–Trinajstić information content (AvgIpc) is 2.94. The van der Waals surface area contributed by atoms with Gasteiger partial charge in [0.05, 0.1) is 5.56 Å². The number of nitrogens with zero attached hydrogens (tertiary/aromatic N) is 2. The van der Waals surface area contributed by atoms with Crippen molar-refractivity contribution in [3.63, 3.8) is 0 Å². The molecule has 2 aromatic rings. The van der Waals surface area contributed by atoms with Gasteiger partial charge in [0.25, 0.3) is 5.91 Å². The molecule has 0 spiro atoms. The molecule has 1 aliphatic rings. The van der Waals surface area contributed by atoms with E-state index in [2.05, 4.69) is 28.5 Å². The number of likely N-dealkylation sites (tertiary alicyclic amines) is 1. The third kappa shape index (κ3) is 3.85. The van der Waals surface area contributed by atoms with E-state index < -0.39 is 0 Å². The first-order chi connectivity index (χ1) is 12.6. The Labute approximate surface area is 157 Å². The standard InChI is InChI=1S/C22H31N3O/c1-3-10-19-21(18-11-6-4-7-12-18)20(22(23)26)17(2)25(19)16-15-24-13-8-5-9-14-24/h4,6-7,11-12H,3,5,8-10,13-16H2,1-2H3,(H2,23,26). The molecule has 0 aliphatic carbocycles. The molecule has 0 saturated carbocycles. The van der Waals surface area contributed by atoms with Gasteiger partial charge in [-0.3, -0.25) is 4.79 Å². The zero-order chi connectivity index (χ0) is 18.5. The Kier molecular flexibility index (Phi) is 6.15. The van der Waals surface area contributed by atoms with Gasteiger partial charge in [-0.15, -0.1) is 0 Å². The molecule has 1 saturated heterocycles. The number of hydrogen-bond donors (Lipinski definition) is 1. The van der Waals surface area contributed by atoms with Crippen molar-refractivity contribution in [1.82, 2.24) is 9.47 Å². The van der Waals surface area contributed by atoms with Crippen molar-refractivity contribution < 1.29 is 4.79 Å². The lowest BCUT2D eigenvalue weighted by atomic mass is 9.98. The van der Waals surface area contributed by atoms with E-state index in [-0.39, 0.29) is 5.91 Å². The van der Waals surface area contributed by atoms with Crippen LogP contribution in [0.25, 0.3) is 11.1 Å². The number of carbonyl (C=O) groups is 1. The van der Waals surface area contributed by atoms with Gasteiger partial charge in [-0.25, -0.2) is 0 Å². The summed E-state index contributed by atoms with van der Waals surface area (Å²) in [5, 5.41) is 0. The Hall–Kier alpha value is -2.07. The van der Waals surface area contributed by atoms with Crippen molar-refractivity contribution in [2.24, 2.45) is 5.73 Å². The zero-order valence-corrected chi connectivity index (χ0v) is 16.1. The van der Waals surface area contributed by atoms with Crippen LogP contribution in [-0.4, -0.2) is 35.0 Å². The number of hydrogen-bond acceptors (Lipinski definition) is 2. The monoisotopic (exact) mass is 353 g/mol. The highest BCUT2D eigenvalue weighted by Crippen LogP contribution is 2.33. The topological polar surface area (TPSA) is 51.3 Å². The molecule has 2 heterocycles. The molecule has 0 bridgehead atoms. The van der Waals surface area contributed by atoms with Crippen LogP contribution in [0.3, 0.4) is 0 Å². The van der Waals surface area contributed by atoms with Crippen molar-refractivity contribution in [2.45, 2.75) is 52.5 Å². The normalized spacial score (nSPS) is 15.3. The molecule has 4 heteroatoms. The fraction of sp³-hybridized carbons (Fsp3) is 0.500. The zero-order valence-electron chi connectivity index (χ0n) is 16.1. The van der Waals surface area contributed by atoms with E-state index in [1.807, 2.05) is 25.1 Å². The highest BCUT2D eigenvalue weighted by Gasteiger charge is 2.24. The molecule has 0 unspecified atom stereocenters. The van der Waals surface area contributed by atoms with Crippen LogP contribution in [0.15, 0.2) is 30.3 Å². The summed E-state index contributed by atoms with van der Waals surface area (Å²) in [6.45, 7) is 8.58. The van der Waals surface area contributed by atoms with Gasteiger partial charge in [0.15, 0.2) is 0 Å². The third-order valence-electron chi connectivity index (χ3n) is 5.52. The van der Waals surface area contributed by atoms with Crippen LogP contribution in [0.4, 0.5) is 0 Å². The van der Waals surface area contributed by atoms with Gasteiger partial charge in [0.1, 0.15) is 0 Å². The van der Waals surface area contributed by atoms with Crippen LogP contribution in [0.5, 0.6) is 0 Å². The van der Waals surface area contributed by atoms with Crippen LogP contribution in [0.2, 0.25) is 0 Å². The molecule has 1 fully saturated rings. The maximum atomic E-state index is 12.3. The van der Waals surface area contributed by atoms with Gasteiger partial charge in [0, 0.05) is 30.0 Å². The highest BCUT2D eigenvalue weighted by atomic mass is 16.1. The predicted molar refractivity (Wildman–Crippen MR) is 107 cm³/mol. The molecule has 26 heavy (non-hydrogen) atoms. The maximum absolute atomic E-state index is 12.3. The summed E-state index contributed by atoms with van der Waals surface area (Å²) in [5.41, 5.74) is 10.9. The summed E-state index contributed by atoms with van der Waals surface area (Å²) in [4.78, 5) is 14.8. The molecule has 1 amide bonds. The fourth-order valence-corrected chi connectivity index (χ4v) is 4.24. The molecule has 4 nitrogen and oxygen atoms in total. The molecular formula is C22H31N3O. The van der Waals surface area contributed by atoms with E-state index >= 15 is 0 Å². The number of amides is 1. The summed E-state index contributed by atoms with van der Waals surface area (Å²) in [6, 6.07) is 10.2. The van der Waals surface area contributed by atoms with Crippen LogP contribution < -0.4 is 5.73 Å². The molecule has 1 aliphatic heterocycles. The number of piperidine rings is 1. The molecule has 140 valence electrons. The molecule has 1 aromatic heterocycles.